The van der Waals surface area contributed by atoms with Crippen LogP contribution < -0.4 is 0 Å². The van der Waals surface area contributed by atoms with Crippen LogP contribution >= 0.6 is 0 Å². The summed E-state index contributed by atoms with van der Waals surface area (Å²) in [6.45, 7) is 2.94. The summed E-state index contributed by atoms with van der Waals surface area (Å²) in [7, 11) is 0. The molecule has 104 valence electrons. The highest BCUT2D eigenvalue weighted by Crippen LogP contribution is 2.27. The molecule has 0 radical (unpaired) electrons. The number of hydrogen-bond acceptors (Lipinski definition) is 5. The minimum Gasteiger partial charge on any atom is -0.458 e. The van der Waals surface area contributed by atoms with Crippen molar-refractivity contribution in [1.82, 2.24) is 0 Å². The van der Waals surface area contributed by atoms with E-state index in [0.717, 1.165) is 0 Å². The zero-order chi connectivity index (χ0) is 14.5. The van der Waals surface area contributed by atoms with Gasteiger partial charge in [-0.3, -0.25) is 4.79 Å². The maximum absolute atomic E-state index is 11.5. The van der Waals surface area contributed by atoms with Crippen molar-refractivity contribution in [3.8, 4) is 0 Å². The van der Waals surface area contributed by atoms with Crippen LogP contribution in [0.25, 0.3) is 5.57 Å². The molecule has 2 aromatic heterocycles. The average Bonchev–Trinajstić information content (AvgIpc) is 3.13. The maximum atomic E-state index is 11.5. The minimum absolute atomic E-state index is 0.233. The predicted octanol–water partition coefficient (Wildman–Crippen LogP) is 2.04. The van der Waals surface area contributed by atoms with Crippen molar-refractivity contribution in [3.05, 3.63) is 66.0 Å². The van der Waals surface area contributed by atoms with Crippen LogP contribution in [0.15, 0.2) is 51.8 Å². The standard InChI is InChI=1S/C15H14O5/c1-2-10(18)7-13(14-5-3-11(8-16)19-14)15-6-4-12(9-17)20-15/h2-7,16-17H,1,8-9H2. The Hall–Kier alpha value is -2.37. The van der Waals surface area contributed by atoms with Gasteiger partial charge in [0.05, 0.1) is 5.57 Å². The summed E-state index contributed by atoms with van der Waals surface area (Å²) in [5, 5.41) is 18.0. The van der Waals surface area contributed by atoms with Crippen LogP contribution in [-0.4, -0.2) is 16.0 Å². The third-order valence-electron chi connectivity index (χ3n) is 2.65. The largest absolute Gasteiger partial charge is 0.458 e. The topological polar surface area (TPSA) is 83.8 Å². The molecule has 0 amide bonds. The van der Waals surface area contributed by atoms with E-state index < -0.39 is 0 Å². The van der Waals surface area contributed by atoms with E-state index >= 15 is 0 Å². The quantitative estimate of drug-likeness (QED) is 0.787. The lowest BCUT2D eigenvalue weighted by molar-refractivity contribution is -0.110. The molecule has 2 rings (SSSR count). The Morgan fingerprint density at radius 2 is 1.55 bits per heavy atom. The lowest BCUT2D eigenvalue weighted by Gasteiger charge is -2.00. The Bertz CT molecular complexity index is 601. The number of aliphatic hydroxyl groups excluding tert-OH is 2. The molecule has 2 heterocycles. The third kappa shape index (κ3) is 2.96. The average molecular weight is 274 g/mol. The fraction of sp³-hybridized carbons (Fsp3) is 0.133. The first-order valence-electron chi connectivity index (χ1n) is 5.96. The summed E-state index contributed by atoms with van der Waals surface area (Å²) >= 11 is 0. The highest BCUT2D eigenvalue weighted by atomic mass is 16.4. The molecule has 0 aliphatic heterocycles. The molecule has 0 fully saturated rings. The summed E-state index contributed by atoms with van der Waals surface area (Å²) in [4.78, 5) is 11.5. The van der Waals surface area contributed by atoms with E-state index in [1.165, 1.54) is 12.2 Å². The van der Waals surface area contributed by atoms with E-state index in [2.05, 4.69) is 6.58 Å². The minimum atomic E-state index is -0.302. The van der Waals surface area contributed by atoms with E-state index in [0.29, 0.717) is 28.6 Å². The highest BCUT2D eigenvalue weighted by Gasteiger charge is 2.15. The molecule has 0 aromatic carbocycles. The summed E-state index contributed by atoms with van der Waals surface area (Å²) in [6.07, 6.45) is 2.50. The first-order valence-corrected chi connectivity index (χ1v) is 5.96. The molecule has 0 saturated carbocycles. The lowest BCUT2D eigenvalue weighted by atomic mass is 10.1. The zero-order valence-electron chi connectivity index (χ0n) is 10.7. The third-order valence-corrected chi connectivity index (χ3v) is 2.65. The van der Waals surface area contributed by atoms with Gasteiger partial charge in [0.2, 0.25) is 0 Å². The molecule has 0 bridgehead atoms. The number of carbonyl (C=O) groups excluding carboxylic acids is 1. The molecule has 0 aliphatic carbocycles. The number of allylic oxidation sites excluding steroid dienone is 2. The Kier molecular flexibility index (Phi) is 4.34. The molecule has 0 atom stereocenters. The molecule has 20 heavy (non-hydrogen) atoms. The Morgan fingerprint density at radius 3 is 1.90 bits per heavy atom. The second-order valence-corrected chi connectivity index (χ2v) is 4.01. The van der Waals surface area contributed by atoms with E-state index in [4.69, 9.17) is 19.0 Å². The van der Waals surface area contributed by atoms with Crippen LogP contribution in [0, 0.1) is 0 Å². The van der Waals surface area contributed by atoms with Crippen molar-refractivity contribution in [3.63, 3.8) is 0 Å². The van der Waals surface area contributed by atoms with Gasteiger partial charge in [-0.15, -0.1) is 0 Å². The van der Waals surface area contributed by atoms with E-state index in [-0.39, 0.29) is 19.0 Å². The molecule has 0 aliphatic rings. The van der Waals surface area contributed by atoms with Gasteiger partial charge >= 0.3 is 0 Å². The van der Waals surface area contributed by atoms with Gasteiger partial charge in [-0.1, -0.05) is 6.58 Å². The molecule has 2 N–H and O–H groups in total. The Labute approximate surface area is 115 Å². The molecule has 5 heteroatoms. The summed E-state index contributed by atoms with van der Waals surface area (Å²) < 4.78 is 10.8. The number of hydrogen-bond donors (Lipinski definition) is 2. The Balaban J connectivity index is 2.46. The van der Waals surface area contributed by atoms with Crippen LogP contribution in [0.4, 0.5) is 0 Å². The van der Waals surface area contributed by atoms with Gasteiger partial charge in [-0.2, -0.15) is 0 Å². The number of furan rings is 2. The van der Waals surface area contributed by atoms with Crippen molar-refractivity contribution in [2.45, 2.75) is 13.2 Å². The number of ketones is 1. The second kappa shape index (κ2) is 6.18. The van der Waals surface area contributed by atoms with E-state index in [9.17, 15) is 4.79 Å². The van der Waals surface area contributed by atoms with Crippen molar-refractivity contribution >= 4 is 11.4 Å². The fourth-order valence-electron chi connectivity index (χ4n) is 1.68. The van der Waals surface area contributed by atoms with Gasteiger partial charge in [-0.25, -0.2) is 0 Å². The van der Waals surface area contributed by atoms with Crippen LogP contribution in [0.1, 0.15) is 23.0 Å². The zero-order valence-corrected chi connectivity index (χ0v) is 10.7. The van der Waals surface area contributed by atoms with Gasteiger partial charge in [0, 0.05) is 6.08 Å². The first-order chi connectivity index (χ1) is 9.67. The van der Waals surface area contributed by atoms with Gasteiger partial charge in [0.25, 0.3) is 0 Å². The molecule has 0 saturated heterocycles. The smallest absolute Gasteiger partial charge is 0.178 e. The van der Waals surface area contributed by atoms with Crippen molar-refractivity contribution < 1.29 is 23.8 Å². The summed E-state index contributed by atoms with van der Waals surface area (Å²) in [6, 6.07) is 6.48. The Morgan fingerprint density at radius 1 is 1.05 bits per heavy atom. The molecular weight excluding hydrogens is 260 g/mol. The SMILES string of the molecule is C=CC(=O)C=C(c1ccc(CO)o1)c1ccc(CO)o1. The highest BCUT2D eigenvalue weighted by molar-refractivity contribution is 6.05. The number of rotatable bonds is 6. The van der Waals surface area contributed by atoms with Crippen molar-refractivity contribution in [2.75, 3.05) is 0 Å². The number of aliphatic hydroxyl groups is 2. The van der Waals surface area contributed by atoms with Gasteiger partial charge in [-0.05, 0) is 30.3 Å². The molecule has 2 aromatic rings. The van der Waals surface area contributed by atoms with Gasteiger partial charge in [0.1, 0.15) is 36.3 Å². The molecule has 0 spiro atoms. The summed E-state index contributed by atoms with van der Waals surface area (Å²) in [5.74, 6) is 1.24. The van der Waals surface area contributed by atoms with Crippen LogP contribution in [0.5, 0.6) is 0 Å². The van der Waals surface area contributed by atoms with Gasteiger partial charge < -0.3 is 19.0 Å². The molecular formula is C15H14O5. The first kappa shape index (κ1) is 14.0. The van der Waals surface area contributed by atoms with E-state index in [1.807, 2.05) is 0 Å². The van der Waals surface area contributed by atoms with Crippen molar-refractivity contribution in [2.24, 2.45) is 0 Å². The van der Waals surface area contributed by atoms with Crippen LogP contribution in [-0.2, 0) is 18.0 Å². The van der Waals surface area contributed by atoms with Gasteiger partial charge in [0.15, 0.2) is 5.78 Å². The lowest BCUT2D eigenvalue weighted by Crippen LogP contribution is -1.91. The van der Waals surface area contributed by atoms with E-state index in [1.54, 1.807) is 24.3 Å². The maximum Gasteiger partial charge on any atom is 0.178 e. The molecule has 0 unspecified atom stereocenters. The fourth-order valence-corrected chi connectivity index (χ4v) is 1.68. The normalized spacial score (nSPS) is 10.3. The number of carbonyl (C=O) groups is 1. The van der Waals surface area contributed by atoms with Crippen LogP contribution in [0.3, 0.4) is 0 Å². The monoisotopic (exact) mass is 274 g/mol. The molecule has 5 nitrogen and oxygen atoms in total. The summed E-state index contributed by atoms with van der Waals surface area (Å²) in [5.41, 5.74) is 0.425. The second-order valence-electron chi connectivity index (χ2n) is 4.01. The van der Waals surface area contributed by atoms with Crippen LogP contribution in [0.2, 0.25) is 0 Å². The van der Waals surface area contributed by atoms with Crippen molar-refractivity contribution in [1.29, 1.82) is 0 Å². The predicted molar refractivity (Wildman–Crippen MR) is 71.5 cm³/mol.